The van der Waals surface area contributed by atoms with Gasteiger partial charge in [0.05, 0.1) is 33.1 Å². The second kappa shape index (κ2) is 13.5. The molecule has 0 spiro atoms. The van der Waals surface area contributed by atoms with Gasteiger partial charge in [0, 0.05) is 49.9 Å². The minimum absolute atomic E-state index is 0.0209. The summed E-state index contributed by atoms with van der Waals surface area (Å²) in [4.78, 5) is 22.3. The molecule has 0 fully saturated rings. The van der Waals surface area contributed by atoms with Gasteiger partial charge in [0.2, 0.25) is 0 Å². The van der Waals surface area contributed by atoms with Crippen molar-refractivity contribution in [2.45, 2.75) is 20.4 Å². The van der Waals surface area contributed by atoms with Crippen molar-refractivity contribution in [3.05, 3.63) is 95.8 Å². The molecule has 0 aliphatic rings. The van der Waals surface area contributed by atoms with E-state index in [1.165, 1.54) is 35.6 Å². The summed E-state index contributed by atoms with van der Waals surface area (Å²) < 4.78 is 41.0. The van der Waals surface area contributed by atoms with Gasteiger partial charge in [0.25, 0.3) is 0 Å². The Balaban J connectivity index is 1.25. The van der Waals surface area contributed by atoms with E-state index in [1.807, 2.05) is 31.3 Å². The van der Waals surface area contributed by atoms with E-state index < -0.39 is 17.7 Å². The summed E-state index contributed by atoms with van der Waals surface area (Å²) in [6.45, 7) is 6.58. The maximum Gasteiger partial charge on any atom is 0.323 e. The van der Waals surface area contributed by atoms with Crippen LogP contribution in [0.3, 0.4) is 0 Å². The van der Waals surface area contributed by atoms with Crippen molar-refractivity contribution in [3.8, 4) is 22.1 Å². The smallest absolute Gasteiger partial charge is 0.323 e. The zero-order valence-electron chi connectivity index (χ0n) is 23.0. The quantitative estimate of drug-likeness (QED) is 0.138. The number of ether oxygens (including phenoxy) is 2. The molecular weight excluding hydrogens is 560 g/mol. The van der Waals surface area contributed by atoms with Crippen molar-refractivity contribution >= 4 is 39.0 Å². The largest absolute Gasteiger partial charge is 0.453 e. The highest BCUT2D eigenvalue weighted by molar-refractivity contribution is 7.22. The number of fused-ring (bicyclic) bond motifs is 1. The van der Waals surface area contributed by atoms with Gasteiger partial charge in [0.1, 0.15) is 11.6 Å². The van der Waals surface area contributed by atoms with Gasteiger partial charge in [-0.25, -0.2) is 13.6 Å². The first-order valence-corrected chi connectivity index (χ1v) is 14.1. The zero-order chi connectivity index (χ0) is 29.5. The van der Waals surface area contributed by atoms with Crippen LogP contribution in [0.25, 0.3) is 20.8 Å². The Morgan fingerprint density at radius 1 is 0.952 bits per heavy atom. The predicted molar refractivity (Wildman–Crippen MR) is 161 cm³/mol. The molecule has 0 atom stereocenters. The number of urea groups is 1. The maximum atomic E-state index is 15.0. The molecule has 0 saturated carbocycles. The lowest BCUT2D eigenvalue weighted by Gasteiger charge is -2.11. The Morgan fingerprint density at radius 2 is 1.83 bits per heavy atom. The Kier molecular flexibility index (Phi) is 9.32. The van der Waals surface area contributed by atoms with Crippen LogP contribution in [0.1, 0.15) is 18.1 Å². The Labute approximate surface area is 245 Å². The van der Waals surface area contributed by atoms with Crippen LogP contribution in [0.2, 0.25) is 0 Å². The zero-order valence-corrected chi connectivity index (χ0v) is 23.9. The molecule has 8 nitrogen and oxygen atoms in total. The molecule has 3 heterocycles. The van der Waals surface area contributed by atoms with Gasteiger partial charge in [-0.15, -0.1) is 11.3 Å². The fraction of sp³-hybridized carbons (Fsp3) is 0.194. The fourth-order valence-electron chi connectivity index (χ4n) is 4.12. The normalized spacial score (nSPS) is 11.0. The SMILES string of the molecule is CCOCCNCc1ccc(-c2cc3nccc(Oc4ccc(NC(=O)Nc5cc(C)ccc5F)cc4F)c3s2)nc1. The first kappa shape index (κ1) is 29.1. The van der Waals surface area contributed by atoms with E-state index in [0.717, 1.165) is 39.0 Å². The van der Waals surface area contributed by atoms with Crippen LogP contribution in [-0.4, -0.2) is 35.8 Å². The standard InChI is InChI=1S/C31H29F2N5O3S/c1-3-40-13-12-34-17-20-5-8-24(36-18-20)29-16-26-30(42-29)28(10-11-35-26)41-27-9-6-21(15-23(27)33)37-31(39)38-25-14-19(2)4-7-22(25)32/h4-11,14-16,18,34H,3,12-13,17H2,1-2H3,(H2,37,38,39). The molecule has 5 aromatic rings. The van der Waals surface area contributed by atoms with E-state index in [4.69, 9.17) is 9.47 Å². The van der Waals surface area contributed by atoms with Crippen LogP contribution in [0.4, 0.5) is 25.0 Å². The Bertz CT molecular complexity index is 1690. The van der Waals surface area contributed by atoms with Crippen molar-refractivity contribution in [1.29, 1.82) is 0 Å². The third kappa shape index (κ3) is 7.24. The summed E-state index contributed by atoms with van der Waals surface area (Å²) >= 11 is 1.45. The third-order valence-corrected chi connectivity index (χ3v) is 7.35. The molecule has 2 aromatic carbocycles. The number of halogens is 2. The monoisotopic (exact) mass is 589 g/mol. The minimum Gasteiger partial charge on any atom is -0.453 e. The van der Waals surface area contributed by atoms with Crippen LogP contribution in [-0.2, 0) is 11.3 Å². The number of carbonyl (C=O) groups excluding carboxylic acids is 1. The summed E-state index contributed by atoms with van der Waals surface area (Å²) in [5, 5.41) is 8.26. The molecule has 11 heteroatoms. The lowest BCUT2D eigenvalue weighted by atomic mass is 10.2. The van der Waals surface area contributed by atoms with Crippen LogP contribution in [0.15, 0.2) is 73.1 Å². The molecule has 0 aliphatic carbocycles. The van der Waals surface area contributed by atoms with Gasteiger partial charge in [-0.3, -0.25) is 9.97 Å². The second-order valence-corrected chi connectivity index (χ2v) is 10.4. The number of hydrogen-bond donors (Lipinski definition) is 3. The van der Waals surface area contributed by atoms with Gasteiger partial charge < -0.3 is 25.4 Å². The molecule has 216 valence electrons. The van der Waals surface area contributed by atoms with Crippen LogP contribution >= 0.6 is 11.3 Å². The number of aryl methyl sites for hydroxylation is 1. The molecular formula is C31H29F2N5O3S. The van der Waals surface area contributed by atoms with Crippen molar-refractivity contribution in [3.63, 3.8) is 0 Å². The number of nitrogens with zero attached hydrogens (tertiary/aromatic N) is 2. The molecule has 0 aliphatic heterocycles. The molecule has 2 amide bonds. The number of anilines is 2. The number of hydrogen-bond acceptors (Lipinski definition) is 7. The number of rotatable bonds is 11. The van der Waals surface area contributed by atoms with Crippen molar-refractivity contribution in [1.82, 2.24) is 15.3 Å². The number of amides is 2. The second-order valence-electron chi connectivity index (χ2n) is 9.37. The highest BCUT2D eigenvalue weighted by atomic mass is 32.1. The molecule has 0 radical (unpaired) electrons. The maximum absolute atomic E-state index is 15.0. The van der Waals surface area contributed by atoms with E-state index in [-0.39, 0.29) is 17.1 Å². The van der Waals surface area contributed by atoms with E-state index in [9.17, 15) is 13.6 Å². The number of nitrogens with one attached hydrogen (secondary N) is 3. The van der Waals surface area contributed by atoms with Crippen LogP contribution in [0.5, 0.6) is 11.5 Å². The summed E-state index contributed by atoms with van der Waals surface area (Å²) in [6, 6.07) is 15.3. The van der Waals surface area contributed by atoms with Crippen LogP contribution < -0.4 is 20.7 Å². The van der Waals surface area contributed by atoms with Gasteiger partial charge in [0.15, 0.2) is 11.6 Å². The molecule has 0 bridgehead atoms. The topological polar surface area (TPSA) is 97.4 Å². The average Bonchev–Trinajstić information content (AvgIpc) is 3.42. The number of aromatic nitrogens is 2. The lowest BCUT2D eigenvalue weighted by molar-refractivity contribution is 0.149. The van der Waals surface area contributed by atoms with E-state index in [0.29, 0.717) is 31.0 Å². The van der Waals surface area contributed by atoms with E-state index in [2.05, 4.69) is 25.9 Å². The number of benzene rings is 2. The van der Waals surface area contributed by atoms with E-state index >= 15 is 0 Å². The first-order chi connectivity index (χ1) is 20.4. The number of thiophene rings is 1. The average molecular weight is 590 g/mol. The highest BCUT2D eigenvalue weighted by Gasteiger charge is 2.15. The van der Waals surface area contributed by atoms with Gasteiger partial charge in [-0.1, -0.05) is 12.1 Å². The van der Waals surface area contributed by atoms with Gasteiger partial charge in [-0.2, -0.15) is 0 Å². The lowest BCUT2D eigenvalue weighted by Crippen LogP contribution is -2.20. The van der Waals surface area contributed by atoms with Crippen molar-refractivity contribution in [2.24, 2.45) is 0 Å². The minimum atomic E-state index is -0.700. The fourth-order valence-corrected chi connectivity index (χ4v) is 5.16. The molecule has 0 unspecified atom stereocenters. The first-order valence-electron chi connectivity index (χ1n) is 13.3. The summed E-state index contributed by atoms with van der Waals surface area (Å²) in [5.41, 5.74) is 3.56. The van der Waals surface area contributed by atoms with Crippen LogP contribution in [0, 0.1) is 18.6 Å². The summed E-state index contributed by atoms with van der Waals surface area (Å²) in [6.07, 6.45) is 3.43. The third-order valence-electron chi connectivity index (χ3n) is 6.19. The van der Waals surface area contributed by atoms with Crippen molar-refractivity contribution < 1.29 is 23.0 Å². The Morgan fingerprint density at radius 3 is 2.62 bits per heavy atom. The molecule has 3 aromatic heterocycles. The highest BCUT2D eigenvalue weighted by Crippen LogP contribution is 2.39. The predicted octanol–water partition coefficient (Wildman–Crippen LogP) is 7.51. The number of carbonyl (C=O) groups is 1. The Hall–Kier alpha value is -4.45. The molecule has 3 N–H and O–H groups in total. The molecule has 0 saturated heterocycles. The molecule has 42 heavy (non-hydrogen) atoms. The summed E-state index contributed by atoms with van der Waals surface area (Å²) in [5.74, 6) is -0.824. The number of pyridine rings is 2. The molecule has 5 rings (SSSR count). The van der Waals surface area contributed by atoms with Gasteiger partial charge >= 0.3 is 6.03 Å². The van der Waals surface area contributed by atoms with Crippen molar-refractivity contribution in [2.75, 3.05) is 30.4 Å². The van der Waals surface area contributed by atoms with E-state index in [1.54, 1.807) is 25.3 Å². The van der Waals surface area contributed by atoms with Gasteiger partial charge in [-0.05, 0) is 61.4 Å². The summed E-state index contributed by atoms with van der Waals surface area (Å²) in [7, 11) is 0.